The maximum absolute atomic E-state index is 12.4. The first-order valence-electron chi connectivity index (χ1n) is 10.6. The summed E-state index contributed by atoms with van der Waals surface area (Å²) in [5, 5.41) is 11.4. The summed E-state index contributed by atoms with van der Waals surface area (Å²) in [6.07, 6.45) is 1.01. The Balaban J connectivity index is 1.50. The van der Waals surface area contributed by atoms with Gasteiger partial charge >= 0.3 is 17.6 Å². The molecular weight excluding hydrogens is 468 g/mol. The molecule has 0 saturated carbocycles. The third-order valence-corrected chi connectivity index (χ3v) is 5.46. The number of esters is 2. The summed E-state index contributed by atoms with van der Waals surface area (Å²) in [6, 6.07) is 9.78. The fourth-order valence-corrected chi connectivity index (χ4v) is 3.60. The summed E-state index contributed by atoms with van der Waals surface area (Å²) < 4.78 is 15.7. The number of nitrogens with zero attached hydrogens (tertiary/aromatic N) is 2. The highest BCUT2D eigenvalue weighted by Crippen LogP contribution is 2.33. The van der Waals surface area contributed by atoms with E-state index < -0.39 is 17.5 Å². The topological polar surface area (TPSA) is 125 Å². The molecule has 34 heavy (non-hydrogen) atoms. The van der Waals surface area contributed by atoms with Gasteiger partial charge in [0.05, 0.1) is 23.0 Å². The van der Waals surface area contributed by atoms with Crippen LogP contribution in [0.2, 0.25) is 5.02 Å². The highest BCUT2D eigenvalue weighted by Gasteiger charge is 2.28. The largest absolute Gasteiger partial charge is 0.466 e. The van der Waals surface area contributed by atoms with Crippen LogP contribution in [0.5, 0.6) is 11.5 Å². The molecule has 1 heterocycles. The monoisotopic (exact) mass is 490 g/mol. The van der Waals surface area contributed by atoms with Gasteiger partial charge < -0.3 is 19.1 Å². The number of ether oxygens (including phenoxy) is 3. The van der Waals surface area contributed by atoms with E-state index in [1.54, 1.807) is 11.8 Å². The lowest BCUT2D eigenvalue weighted by Crippen LogP contribution is -2.42. The molecule has 3 rings (SSSR count). The molecule has 0 radical (unpaired) electrons. The Labute approximate surface area is 200 Å². The molecule has 2 aromatic rings. The summed E-state index contributed by atoms with van der Waals surface area (Å²) in [5.41, 5.74) is -0.104. The van der Waals surface area contributed by atoms with Crippen molar-refractivity contribution in [2.75, 3.05) is 26.3 Å². The summed E-state index contributed by atoms with van der Waals surface area (Å²) in [5.74, 6) is -1.24. The number of piperidine rings is 1. The number of nitro groups is 1. The van der Waals surface area contributed by atoms with E-state index in [-0.39, 0.29) is 45.6 Å². The Morgan fingerprint density at radius 3 is 2.38 bits per heavy atom. The molecule has 2 aromatic carbocycles. The summed E-state index contributed by atoms with van der Waals surface area (Å²) in [4.78, 5) is 48.6. The zero-order chi connectivity index (χ0) is 24.7. The van der Waals surface area contributed by atoms with Crippen molar-refractivity contribution >= 4 is 35.1 Å². The maximum Gasteiger partial charge on any atom is 0.338 e. The second-order valence-corrected chi connectivity index (χ2v) is 7.92. The Hall–Kier alpha value is -3.66. The van der Waals surface area contributed by atoms with Gasteiger partial charge in [0.1, 0.15) is 5.75 Å². The van der Waals surface area contributed by atoms with E-state index in [2.05, 4.69) is 0 Å². The molecule has 1 saturated heterocycles. The zero-order valence-electron chi connectivity index (χ0n) is 18.4. The van der Waals surface area contributed by atoms with Crippen molar-refractivity contribution in [3.8, 4) is 11.5 Å². The van der Waals surface area contributed by atoms with Crippen molar-refractivity contribution in [1.29, 1.82) is 0 Å². The van der Waals surface area contributed by atoms with E-state index in [0.29, 0.717) is 32.5 Å². The van der Waals surface area contributed by atoms with Crippen LogP contribution >= 0.6 is 11.6 Å². The van der Waals surface area contributed by atoms with E-state index in [1.807, 2.05) is 0 Å². The fraction of sp³-hybridized carbons (Fsp3) is 0.348. The number of rotatable bonds is 8. The molecule has 1 amide bonds. The Bertz CT molecular complexity index is 1070. The van der Waals surface area contributed by atoms with Crippen molar-refractivity contribution in [2.24, 2.45) is 5.92 Å². The zero-order valence-corrected chi connectivity index (χ0v) is 19.2. The minimum absolute atomic E-state index is 0.00190. The second-order valence-electron chi connectivity index (χ2n) is 7.48. The first-order chi connectivity index (χ1) is 16.3. The quantitative estimate of drug-likeness (QED) is 0.309. The Morgan fingerprint density at radius 2 is 1.76 bits per heavy atom. The van der Waals surface area contributed by atoms with Gasteiger partial charge in [-0.1, -0.05) is 11.6 Å². The third kappa shape index (κ3) is 6.44. The van der Waals surface area contributed by atoms with Crippen LogP contribution in [0.4, 0.5) is 5.69 Å². The lowest BCUT2D eigenvalue weighted by molar-refractivity contribution is -0.385. The number of benzene rings is 2. The molecule has 0 unspecified atom stereocenters. The predicted molar refractivity (Wildman–Crippen MR) is 121 cm³/mol. The molecule has 11 heteroatoms. The highest BCUT2D eigenvalue weighted by molar-refractivity contribution is 6.30. The molecule has 0 aromatic heterocycles. The van der Waals surface area contributed by atoms with Gasteiger partial charge in [-0.2, -0.15) is 0 Å². The van der Waals surface area contributed by atoms with Crippen molar-refractivity contribution in [1.82, 2.24) is 4.90 Å². The van der Waals surface area contributed by atoms with Crippen LogP contribution in [0.25, 0.3) is 0 Å². The van der Waals surface area contributed by atoms with Gasteiger partial charge in [-0.3, -0.25) is 19.7 Å². The average molecular weight is 491 g/mol. The first-order valence-corrected chi connectivity index (χ1v) is 11.0. The minimum atomic E-state index is -0.696. The SMILES string of the molecule is CCOC(=O)C1CCN(C(=O)COC(=O)c2ccc(Oc3ccc(Cl)cc3[N+](=O)[O-])cc2)CC1. The van der Waals surface area contributed by atoms with E-state index in [4.69, 9.17) is 25.8 Å². The van der Waals surface area contributed by atoms with Crippen LogP contribution in [-0.2, 0) is 19.1 Å². The lowest BCUT2D eigenvalue weighted by atomic mass is 9.97. The normalized spacial score (nSPS) is 13.8. The Kier molecular flexibility index (Phi) is 8.42. The third-order valence-electron chi connectivity index (χ3n) is 5.23. The van der Waals surface area contributed by atoms with Gasteiger partial charge in [-0.15, -0.1) is 0 Å². The van der Waals surface area contributed by atoms with Crippen molar-refractivity contribution in [2.45, 2.75) is 19.8 Å². The highest BCUT2D eigenvalue weighted by atomic mass is 35.5. The van der Waals surface area contributed by atoms with Crippen LogP contribution in [0, 0.1) is 16.0 Å². The molecule has 180 valence electrons. The number of carbonyl (C=O) groups excluding carboxylic acids is 3. The summed E-state index contributed by atoms with van der Waals surface area (Å²) in [7, 11) is 0. The van der Waals surface area contributed by atoms with E-state index in [1.165, 1.54) is 42.5 Å². The van der Waals surface area contributed by atoms with Crippen LogP contribution in [0.3, 0.4) is 0 Å². The Morgan fingerprint density at radius 1 is 1.09 bits per heavy atom. The van der Waals surface area contributed by atoms with Crippen LogP contribution < -0.4 is 4.74 Å². The maximum atomic E-state index is 12.4. The molecular formula is C23H23ClN2O8. The minimum Gasteiger partial charge on any atom is -0.466 e. The van der Waals surface area contributed by atoms with Gasteiger partial charge in [0.25, 0.3) is 5.91 Å². The molecule has 0 aliphatic carbocycles. The van der Waals surface area contributed by atoms with E-state index >= 15 is 0 Å². The average Bonchev–Trinajstić information content (AvgIpc) is 2.84. The second kappa shape index (κ2) is 11.5. The smallest absolute Gasteiger partial charge is 0.338 e. The van der Waals surface area contributed by atoms with Crippen molar-refractivity contribution in [3.63, 3.8) is 0 Å². The van der Waals surface area contributed by atoms with Gasteiger partial charge in [0.2, 0.25) is 5.75 Å². The number of hydrogen-bond donors (Lipinski definition) is 0. The van der Waals surface area contributed by atoms with Gasteiger partial charge in [-0.25, -0.2) is 4.79 Å². The fourth-order valence-electron chi connectivity index (χ4n) is 3.43. The van der Waals surface area contributed by atoms with Crippen molar-refractivity contribution in [3.05, 3.63) is 63.2 Å². The number of nitro benzene ring substituents is 1. The number of likely N-dealkylation sites (tertiary alicyclic amines) is 1. The number of hydrogen-bond acceptors (Lipinski definition) is 8. The van der Waals surface area contributed by atoms with Gasteiger partial charge in [-0.05, 0) is 56.2 Å². The van der Waals surface area contributed by atoms with Gasteiger partial charge in [0.15, 0.2) is 6.61 Å². The number of amides is 1. The van der Waals surface area contributed by atoms with Crippen LogP contribution in [-0.4, -0.2) is 54.0 Å². The number of halogens is 1. The van der Waals surface area contributed by atoms with Crippen LogP contribution in [0.15, 0.2) is 42.5 Å². The lowest BCUT2D eigenvalue weighted by Gasteiger charge is -2.30. The molecule has 0 atom stereocenters. The molecule has 0 bridgehead atoms. The van der Waals surface area contributed by atoms with Crippen molar-refractivity contribution < 1.29 is 33.5 Å². The molecule has 1 aliphatic heterocycles. The first kappa shape index (κ1) is 25.0. The molecule has 1 aliphatic rings. The van der Waals surface area contributed by atoms with Crippen LogP contribution in [0.1, 0.15) is 30.1 Å². The van der Waals surface area contributed by atoms with E-state index in [9.17, 15) is 24.5 Å². The molecule has 0 spiro atoms. The molecule has 0 N–H and O–H groups in total. The van der Waals surface area contributed by atoms with E-state index in [0.717, 1.165) is 0 Å². The molecule has 1 fully saturated rings. The summed E-state index contributed by atoms with van der Waals surface area (Å²) >= 11 is 5.79. The standard InChI is InChI=1S/C23H23ClN2O8/c1-2-32-22(28)16-9-11-25(12-10-16)21(27)14-33-23(29)15-3-6-18(7-4-15)34-20-8-5-17(24)13-19(20)26(30)31/h3-8,13,16H,2,9-12,14H2,1H3. The summed E-state index contributed by atoms with van der Waals surface area (Å²) in [6.45, 7) is 2.43. The number of carbonyl (C=O) groups is 3. The van der Waals surface area contributed by atoms with Gasteiger partial charge in [0, 0.05) is 24.2 Å². The molecule has 10 nitrogen and oxygen atoms in total. The predicted octanol–water partition coefficient (Wildman–Crippen LogP) is 4.00.